The number of rotatable bonds is 2. The van der Waals surface area contributed by atoms with E-state index in [1.165, 1.54) is 6.07 Å². The summed E-state index contributed by atoms with van der Waals surface area (Å²) < 4.78 is 9.78. The summed E-state index contributed by atoms with van der Waals surface area (Å²) >= 11 is 5.94. The van der Waals surface area contributed by atoms with E-state index in [9.17, 15) is 9.90 Å². The predicted octanol–water partition coefficient (Wildman–Crippen LogP) is 3.31. The molecule has 0 fully saturated rings. The lowest BCUT2D eigenvalue weighted by Crippen LogP contribution is -2.16. The predicted molar refractivity (Wildman–Crippen MR) is 76.3 cm³/mol. The fraction of sp³-hybridized carbons (Fsp3) is 0. The van der Waals surface area contributed by atoms with Crippen molar-refractivity contribution in [2.24, 2.45) is 5.73 Å². The summed E-state index contributed by atoms with van der Waals surface area (Å²) in [5, 5.41) is 14.5. The van der Waals surface area contributed by atoms with Gasteiger partial charge in [-0.1, -0.05) is 17.7 Å². The number of nitrogens with zero attached hydrogens (tertiary/aromatic N) is 1. The molecule has 0 aliphatic rings. The van der Waals surface area contributed by atoms with E-state index in [1.54, 1.807) is 30.3 Å². The third-order valence-electron chi connectivity index (χ3n) is 2.90. The van der Waals surface area contributed by atoms with E-state index in [1.807, 2.05) is 0 Å². The molecule has 0 spiro atoms. The Bertz CT molecular complexity index is 844. The van der Waals surface area contributed by atoms with E-state index in [0.717, 1.165) is 0 Å². The smallest absolute Gasteiger partial charge is 0.411 e. The number of nitrogens with two attached hydrogens (primary N) is 1. The van der Waals surface area contributed by atoms with Gasteiger partial charge < -0.3 is 20.1 Å². The first-order valence-electron chi connectivity index (χ1n) is 5.90. The average molecular weight is 305 g/mol. The van der Waals surface area contributed by atoms with E-state index in [-0.39, 0.29) is 11.6 Å². The number of primary amides is 1. The van der Waals surface area contributed by atoms with Crippen molar-refractivity contribution in [1.82, 2.24) is 5.16 Å². The molecule has 1 amide bonds. The molecule has 1 heterocycles. The standard InChI is InChI=1S/C14H9ClN2O4/c15-8-2-3-11(18)9(6-8)7-1-4-12-10(5-7)13(17-21-12)20-14(16)19/h1-6,18H,(H2,16,19). The second kappa shape index (κ2) is 4.99. The zero-order valence-corrected chi connectivity index (χ0v) is 11.3. The highest BCUT2D eigenvalue weighted by Gasteiger charge is 2.14. The Hall–Kier alpha value is -2.73. The molecular formula is C14H9ClN2O4. The molecule has 0 atom stereocenters. The number of carbonyl (C=O) groups is 1. The molecule has 0 saturated heterocycles. The Morgan fingerprint density at radius 2 is 2.10 bits per heavy atom. The van der Waals surface area contributed by atoms with Crippen LogP contribution in [-0.4, -0.2) is 16.4 Å². The maximum absolute atomic E-state index is 10.8. The van der Waals surface area contributed by atoms with Crippen molar-refractivity contribution in [3.05, 3.63) is 41.4 Å². The number of aromatic hydroxyl groups is 1. The fourth-order valence-corrected chi connectivity index (χ4v) is 2.16. The summed E-state index contributed by atoms with van der Waals surface area (Å²) in [6, 6.07) is 9.74. The first-order valence-corrected chi connectivity index (χ1v) is 6.28. The number of carbonyl (C=O) groups excluding carboxylic acids is 1. The monoisotopic (exact) mass is 304 g/mol. The molecule has 0 radical (unpaired) electrons. The van der Waals surface area contributed by atoms with Crippen LogP contribution in [0.1, 0.15) is 0 Å². The number of amides is 1. The van der Waals surface area contributed by atoms with Crippen molar-refractivity contribution in [3.63, 3.8) is 0 Å². The number of hydrogen-bond donors (Lipinski definition) is 2. The van der Waals surface area contributed by atoms with Crippen molar-refractivity contribution in [1.29, 1.82) is 0 Å². The lowest BCUT2D eigenvalue weighted by Gasteiger charge is -2.05. The van der Waals surface area contributed by atoms with E-state index in [2.05, 4.69) is 5.16 Å². The molecule has 3 aromatic rings. The first kappa shape index (κ1) is 13.3. The maximum atomic E-state index is 10.8. The quantitative estimate of drug-likeness (QED) is 0.756. The van der Waals surface area contributed by atoms with Gasteiger partial charge in [0.2, 0.25) is 0 Å². The van der Waals surface area contributed by atoms with E-state index in [4.69, 9.17) is 26.6 Å². The van der Waals surface area contributed by atoms with Crippen LogP contribution in [0.25, 0.3) is 22.1 Å². The van der Waals surface area contributed by atoms with Gasteiger partial charge in [0, 0.05) is 10.6 Å². The summed E-state index contributed by atoms with van der Waals surface area (Å²) in [4.78, 5) is 10.8. The summed E-state index contributed by atoms with van der Waals surface area (Å²) in [6.45, 7) is 0. The van der Waals surface area contributed by atoms with Crippen molar-refractivity contribution in [2.75, 3.05) is 0 Å². The van der Waals surface area contributed by atoms with Gasteiger partial charge >= 0.3 is 6.09 Å². The molecule has 6 nitrogen and oxygen atoms in total. The minimum Gasteiger partial charge on any atom is -0.507 e. The van der Waals surface area contributed by atoms with Crippen LogP contribution in [0.4, 0.5) is 4.79 Å². The summed E-state index contributed by atoms with van der Waals surface area (Å²) in [6.07, 6.45) is -0.985. The summed E-state index contributed by atoms with van der Waals surface area (Å²) in [5.41, 5.74) is 6.60. The SMILES string of the molecule is NC(=O)Oc1noc2ccc(-c3cc(Cl)ccc3O)cc12. The van der Waals surface area contributed by atoms with Gasteiger partial charge in [0.15, 0.2) is 5.58 Å². The Balaban J connectivity index is 2.15. The zero-order chi connectivity index (χ0) is 15.0. The number of hydrogen-bond acceptors (Lipinski definition) is 5. The molecule has 7 heteroatoms. The van der Waals surface area contributed by atoms with Gasteiger partial charge in [-0.15, -0.1) is 0 Å². The lowest BCUT2D eigenvalue weighted by atomic mass is 10.0. The van der Waals surface area contributed by atoms with Gasteiger partial charge in [-0.2, -0.15) is 0 Å². The van der Waals surface area contributed by atoms with Gasteiger partial charge in [0.05, 0.1) is 5.39 Å². The van der Waals surface area contributed by atoms with Crippen LogP contribution in [0.2, 0.25) is 5.02 Å². The van der Waals surface area contributed by atoms with Crippen LogP contribution in [0, 0.1) is 0 Å². The number of aromatic nitrogens is 1. The lowest BCUT2D eigenvalue weighted by molar-refractivity contribution is 0.207. The molecular weight excluding hydrogens is 296 g/mol. The van der Waals surface area contributed by atoms with Crippen LogP contribution in [0.3, 0.4) is 0 Å². The minimum atomic E-state index is -0.985. The van der Waals surface area contributed by atoms with Crippen LogP contribution >= 0.6 is 11.6 Å². The topological polar surface area (TPSA) is 98.6 Å². The average Bonchev–Trinajstić information content (AvgIpc) is 2.83. The largest absolute Gasteiger partial charge is 0.507 e. The maximum Gasteiger partial charge on any atom is 0.411 e. The van der Waals surface area contributed by atoms with Crippen LogP contribution in [0.5, 0.6) is 11.6 Å². The van der Waals surface area contributed by atoms with Crippen molar-refractivity contribution in [3.8, 4) is 22.8 Å². The number of phenols is 1. The number of ether oxygens (including phenoxy) is 1. The molecule has 3 N–H and O–H groups in total. The molecule has 1 aromatic heterocycles. The van der Waals surface area contributed by atoms with Crippen LogP contribution < -0.4 is 10.5 Å². The first-order chi connectivity index (χ1) is 10.0. The Morgan fingerprint density at radius 1 is 1.29 bits per heavy atom. The van der Waals surface area contributed by atoms with Crippen LogP contribution in [0.15, 0.2) is 40.9 Å². The fourth-order valence-electron chi connectivity index (χ4n) is 1.99. The molecule has 2 aromatic carbocycles. The molecule has 21 heavy (non-hydrogen) atoms. The molecule has 0 saturated carbocycles. The molecule has 3 rings (SSSR count). The normalized spacial score (nSPS) is 10.7. The Morgan fingerprint density at radius 3 is 2.86 bits per heavy atom. The van der Waals surface area contributed by atoms with Gasteiger partial charge in [0.25, 0.3) is 5.88 Å². The Labute approximate surface area is 123 Å². The van der Waals surface area contributed by atoms with Crippen molar-refractivity contribution < 1.29 is 19.2 Å². The van der Waals surface area contributed by atoms with Crippen molar-refractivity contribution >= 4 is 28.7 Å². The second-order valence-corrected chi connectivity index (χ2v) is 4.72. The summed E-state index contributed by atoms with van der Waals surface area (Å²) in [5.74, 6) is 0.0495. The van der Waals surface area contributed by atoms with Gasteiger partial charge in [0.1, 0.15) is 5.75 Å². The second-order valence-electron chi connectivity index (χ2n) is 4.28. The van der Waals surface area contributed by atoms with E-state index in [0.29, 0.717) is 27.1 Å². The van der Waals surface area contributed by atoms with Gasteiger partial charge in [-0.25, -0.2) is 4.79 Å². The van der Waals surface area contributed by atoms with Gasteiger partial charge in [-0.05, 0) is 41.1 Å². The van der Waals surface area contributed by atoms with Crippen molar-refractivity contribution in [2.45, 2.75) is 0 Å². The minimum absolute atomic E-state index is 0.0270. The molecule has 0 bridgehead atoms. The third-order valence-corrected chi connectivity index (χ3v) is 3.14. The highest BCUT2D eigenvalue weighted by atomic mass is 35.5. The number of halogens is 1. The molecule has 0 aliphatic heterocycles. The zero-order valence-electron chi connectivity index (χ0n) is 10.5. The van der Waals surface area contributed by atoms with Crippen LogP contribution in [-0.2, 0) is 0 Å². The number of benzene rings is 2. The molecule has 0 unspecified atom stereocenters. The van der Waals surface area contributed by atoms with Gasteiger partial charge in [-0.3, -0.25) is 0 Å². The molecule has 106 valence electrons. The number of fused-ring (bicyclic) bond motifs is 1. The highest BCUT2D eigenvalue weighted by molar-refractivity contribution is 6.31. The van der Waals surface area contributed by atoms with E-state index >= 15 is 0 Å². The number of phenolic OH excluding ortho intramolecular Hbond substituents is 1. The third kappa shape index (κ3) is 2.48. The summed E-state index contributed by atoms with van der Waals surface area (Å²) in [7, 11) is 0. The highest BCUT2D eigenvalue weighted by Crippen LogP contribution is 2.35. The Kier molecular flexibility index (Phi) is 3.15. The molecule has 0 aliphatic carbocycles. The van der Waals surface area contributed by atoms with E-state index < -0.39 is 6.09 Å².